The fourth-order valence-corrected chi connectivity index (χ4v) is 9.31. The molecule has 11 rings (SSSR count). The van der Waals surface area contributed by atoms with Crippen molar-refractivity contribution in [3.05, 3.63) is 235 Å². The molecule has 0 spiro atoms. The maximum Gasteiger partial charge on any atom is 0.159 e. The maximum atomic E-state index is 7.33. The first-order chi connectivity index (χ1) is 28.6. The second-order valence-electron chi connectivity index (χ2n) is 15.4. The maximum absolute atomic E-state index is 7.33. The van der Waals surface area contributed by atoms with E-state index in [1.807, 2.05) is 0 Å². The van der Waals surface area contributed by atoms with Crippen molar-refractivity contribution in [3.8, 4) is 44.5 Å². The third-order valence-corrected chi connectivity index (χ3v) is 12.1. The molecule has 0 saturated carbocycles. The van der Waals surface area contributed by atoms with Crippen molar-refractivity contribution in [2.75, 3.05) is 4.90 Å². The molecule has 1 heterocycles. The largest absolute Gasteiger partial charge is 0.454 e. The van der Waals surface area contributed by atoms with Gasteiger partial charge >= 0.3 is 0 Å². The van der Waals surface area contributed by atoms with Crippen LogP contribution in [0.15, 0.2) is 223 Å². The first-order valence-corrected chi connectivity index (χ1v) is 20.0. The number of anilines is 3. The van der Waals surface area contributed by atoms with Gasteiger partial charge in [0.2, 0.25) is 0 Å². The van der Waals surface area contributed by atoms with Crippen molar-refractivity contribution in [2.24, 2.45) is 0 Å². The second-order valence-corrected chi connectivity index (χ2v) is 15.4. The van der Waals surface area contributed by atoms with E-state index in [0.717, 1.165) is 61.3 Å². The van der Waals surface area contributed by atoms with Gasteiger partial charge in [-0.25, -0.2) is 0 Å². The number of hydrogen-bond acceptors (Lipinski definition) is 2. The molecule has 1 aromatic heterocycles. The molecule has 10 aromatic rings. The standard InChI is InChI=1S/C56H39NO/c1-56(50-27-13-11-23-46(50)47-24-12-14-28-51(47)56)52-29-15-25-48-49-26-16-30-53(55(49)58-54(48)52)57(44-33-31-41(32-34-44)38-17-5-2-6-18-38)45-36-42(39-19-7-3-8-20-39)35-43(37-45)40-21-9-4-10-22-40/h2-37H,1H3. The fourth-order valence-electron chi connectivity index (χ4n) is 9.31. The predicted octanol–water partition coefficient (Wildman–Crippen LogP) is 15.4. The average molecular weight is 742 g/mol. The highest BCUT2D eigenvalue weighted by molar-refractivity contribution is 6.12. The monoisotopic (exact) mass is 741 g/mol. The van der Waals surface area contributed by atoms with E-state index in [-0.39, 0.29) is 0 Å². The average Bonchev–Trinajstić information content (AvgIpc) is 3.81. The Kier molecular flexibility index (Phi) is 7.97. The minimum absolute atomic E-state index is 0.401. The van der Waals surface area contributed by atoms with Crippen LogP contribution < -0.4 is 4.90 Å². The normalized spacial score (nSPS) is 12.7. The summed E-state index contributed by atoms with van der Waals surface area (Å²) < 4.78 is 7.33. The molecule has 0 saturated heterocycles. The van der Waals surface area contributed by atoms with Gasteiger partial charge in [-0.3, -0.25) is 0 Å². The molecule has 0 unspecified atom stereocenters. The molecule has 1 aliphatic rings. The fraction of sp³-hybridized carbons (Fsp3) is 0.0357. The van der Waals surface area contributed by atoms with Crippen LogP contribution in [0.1, 0.15) is 23.6 Å². The lowest BCUT2D eigenvalue weighted by molar-refractivity contribution is 0.638. The zero-order valence-corrected chi connectivity index (χ0v) is 32.1. The Morgan fingerprint density at radius 2 is 0.793 bits per heavy atom. The summed E-state index contributed by atoms with van der Waals surface area (Å²) in [5.74, 6) is 0. The van der Waals surface area contributed by atoms with Crippen molar-refractivity contribution >= 4 is 39.0 Å². The number of para-hydroxylation sites is 2. The van der Waals surface area contributed by atoms with Gasteiger partial charge in [0.15, 0.2) is 5.58 Å². The third-order valence-electron chi connectivity index (χ3n) is 12.1. The van der Waals surface area contributed by atoms with Crippen LogP contribution >= 0.6 is 0 Å². The lowest BCUT2D eigenvalue weighted by Crippen LogP contribution is -2.22. The van der Waals surface area contributed by atoms with Gasteiger partial charge in [-0.05, 0) is 99.0 Å². The summed E-state index contributed by atoms with van der Waals surface area (Å²) in [6, 6.07) is 78.7. The highest BCUT2D eigenvalue weighted by Crippen LogP contribution is 2.55. The lowest BCUT2D eigenvalue weighted by Gasteiger charge is -2.28. The summed E-state index contributed by atoms with van der Waals surface area (Å²) in [5, 5.41) is 2.20. The SMILES string of the molecule is CC1(c2cccc3c2oc2c(N(c4ccc(-c5ccccc5)cc4)c4cc(-c5ccccc5)cc(-c5ccccc5)c4)cccc23)c2ccccc2-c2ccccc21. The molecule has 0 N–H and O–H groups in total. The van der Waals surface area contributed by atoms with E-state index in [0.29, 0.717) is 0 Å². The molecule has 9 aromatic carbocycles. The Bertz CT molecular complexity index is 3000. The van der Waals surface area contributed by atoms with Crippen LogP contribution in [0.25, 0.3) is 66.4 Å². The molecule has 0 bridgehead atoms. The molecular weight excluding hydrogens is 703 g/mol. The summed E-state index contributed by atoms with van der Waals surface area (Å²) in [6.45, 7) is 2.36. The zero-order valence-electron chi connectivity index (χ0n) is 32.1. The Hall–Kier alpha value is -7.42. The number of hydrogen-bond donors (Lipinski definition) is 0. The van der Waals surface area contributed by atoms with Gasteiger partial charge in [-0.2, -0.15) is 0 Å². The lowest BCUT2D eigenvalue weighted by atomic mass is 9.74. The van der Waals surface area contributed by atoms with E-state index >= 15 is 0 Å². The molecule has 0 radical (unpaired) electrons. The van der Waals surface area contributed by atoms with Gasteiger partial charge in [0.05, 0.1) is 5.69 Å². The van der Waals surface area contributed by atoms with Crippen LogP contribution in [0, 0.1) is 0 Å². The van der Waals surface area contributed by atoms with Gasteiger partial charge in [0, 0.05) is 33.1 Å². The first-order valence-electron chi connectivity index (χ1n) is 20.0. The van der Waals surface area contributed by atoms with Gasteiger partial charge < -0.3 is 9.32 Å². The Morgan fingerprint density at radius 3 is 1.36 bits per heavy atom. The zero-order chi connectivity index (χ0) is 38.6. The van der Waals surface area contributed by atoms with E-state index in [4.69, 9.17) is 4.42 Å². The predicted molar refractivity (Wildman–Crippen MR) is 242 cm³/mol. The van der Waals surface area contributed by atoms with Crippen LogP contribution in [0.2, 0.25) is 0 Å². The number of fused-ring (bicyclic) bond motifs is 6. The van der Waals surface area contributed by atoms with Crippen molar-refractivity contribution < 1.29 is 4.42 Å². The van der Waals surface area contributed by atoms with Crippen molar-refractivity contribution in [2.45, 2.75) is 12.3 Å². The van der Waals surface area contributed by atoms with Gasteiger partial charge in [-0.1, -0.05) is 182 Å². The van der Waals surface area contributed by atoms with E-state index in [9.17, 15) is 0 Å². The highest BCUT2D eigenvalue weighted by Gasteiger charge is 2.42. The summed E-state index contributed by atoms with van der Waals surface area (Å²) in [5.41, 5.74) is 17.8. The summed E-state index contributed by atoms with van der Waals surface area (Å²) in [6.07, 6.45) is 0. The minimum atomic E-state index is -0.401. The smallest absolute Gasteiger partial charge is 0.159 e. The summed E-state index contributed by atoms with van der Waals surface area (Å²) >= 11 is 0. The minimum Gasteiger partial charge on any atom is -0.454 e. The quantitative estimate of drug-likeness (QED) is 0.162. The molecule has 1 aliphatic carbocycles. The van der Waals surface area contributed by atoms with Gasteiger partial charge in [-0.15, -0.1) is 0 Å². The molecule has 0 aliphatic heterocycles. The van der Waals surface area contributed by atoms with Crippen molar-refractivity contribution in [1.29, 1.82) is 0 Å². The molecule has 0 amide bonds. The second kappa shape index (κ2) is 13.7. The van der Waals surface area contributed by atoms with Gasteiger partial charge in [0.1, 0.15) is 5.58 Å². The van der Waals surface area contributed by atoms with Crippen LogP contribution in [-0.4, -0.2) is 0 Å². The number of nitrogens with zero attached hydrogens (tertiary/aromatic N) is 1. The number of rotatable bonds is 7. The Labute approximate surface area is 338 Å². The molecule has 2 nitrogen and oxygen atoms in total. The van der Waals surface area contributed by atoms with Crippen molar-refractivity contribution in [1.82, 2.24) is 0 Å². The first kappa shape index (κ1) is 33.9. The van der Waals surface area contributed by atoms with Crippen LogP contribution in [0.3, 0.4) is 0 Å². The van der Waals surface area contributed by atoms with E-state index in [1.54, 1.807) is 0 Å². The highest BCUT2D eigenvalue weighted by atomic mass is 16.3. The van der Waals surface area contributed by atoms with E-state index in [1.165, 1.54) is 38.9 Å². The van der Waals surface area contributed by atoms with Crippen molar-refractivity contribution in [3.63, 3.8) is 0 Å². The molecular formula is C56H39NO. The third kappa shape index (κ3) is 5.41. The molecule has 58 heavy (non-hydrogen) atoms. The Morgan fingerprint density at radius 1 is 0.345 bits per heavy atom. The van der Waals surface area contributed by atoms with E-state index in [2.05, 4.69) is 230 Å². The topological polar surface area (TPSA) is 16.4 Å². The Balaban J connectivity index is 1.16. The van der Waals surface area contributed by atoms with E-state index < -0.39 is 5.41 Å². The summed E-state index contributed by atoms with van der Waals surface area (Å²) in [4.78, 5) is 2.37. The molecule has 274 valence electrons. The summed E-state index contributed by atoms with van der Waals surface area (Å²) in [7, 11) is 0. The molecule has 0 fully saturated rings. The number of furan rings is 1. The van der Waals surface area contributed by atoms with Crippen LogP contribution in [0.4, 0.5) is 17.1 Å². The molecule has 0 atom stereocenters. The van der Waals surface area contributed by atoms with Gasteiger partial charge in [0.25, 0.3) is 0 Å². The number of benzene rings is 9. The van der Waals surface area contributed by atoms with Crippen LogP contribution in [0.5, 0.6) is 0 Å². The van der Waals surface area contributed by atoms with Crippen LogP contribution in [-0.2, 0) is 5.41 Å². The molecule has 2 heteroatoms.